The Bertz CT molecular complexity index is 1470. The first kappa shape index (κ1) is 29.2. The van der Waals surface area contributed by atoms with Crippen LogP contribution in [0.1, 0.15) is 54.1 Å². The van der Waals surface area contributed by atoms with E-state index in [1.807, 2.05) is 12.1 Å². The summed E-state index contributed by atoms with van der Waals surface area (Å²) in [5.41, 5.74) is 4.83. The number of nitrogens with zero attached hydrogens (tertiary/aromatic N) is 2. The summed E-state index contributed by atoms with van der Waals surface area (Å²) in [4.78, 5) is 10.7. The van der Waals surface area contributed by atoms with Crippen LogP contribution in [0, 0.1) is 5.82 Å². The van der Waals surface area contributed by atoms with Gasteiger partial charge in [0, 0.05) is 30.3 Å². The van der Waals surface area contributed by atoms with E-state index in [1.54, 1.807) is 29.0 Å². The molecule has 1 aromatic heterocycles. The maximum Gasteiger partial charge on any atom is 1.00 e. The summed E-state index contributed by atoms with van der Waals surface area (Å²) in [6, 6.07) is 21.0. The summed E-state index contributed by atoms with van der Waals surface area (Å²) in [5.74, 6) is -1.49. The second-order valence-corrected chi connectivity index (χ2v) is 10.0. The summed E-state index contributed by atoms with van der Waals surface area (Å²) < 4.78 is 15.4. The van der Waals surface area contributed by atoms with Crippen LogP contribution in [-0.2, 0) is 17.6 Å². The van der Waals surface area contributed by atoms with Gasteiger partial charge in [0.15, 0.2) is 0 Å². The van der Waals surface area contributed by atoms with Gasteiger partial charge in [-0.2, -0.15) is 5.10 Å². The third-order valence-electron chi connectivity index (χ3n) is 7.18. The monoisotopic (exact) mass is 536 g/mol. The zero-order chi connectivity index (χ0) is 26.6. The van der Waals surface area contributed by atoms with Crippen molar-refractivity contribution in [2.45, 2.75) is 56.7 Å². The number of carbonyl (C=O) groups excluding carboxylic acids is 1. The molecule has 4 aromatic rings. The van der Waals surface area contributed by atoms with Gasteiger partial charge in [0.05, 0.1) is 29.3 Å². The maximum absolute atomic E-state index is 13.7. The minimum Gasteiger partial charge on any atom is -0.550 e. The van der Waals surface area contributed by atoms with Crippen molar-refractivity contribution >= 4 is 22.8 Å². The van der Waals surface area contributed by atoms with E-state index in [2.05, 4.69) is 30.3 Å². The zero-order valence-corrected chi connectivity index (χ0v) is 24.0. The van der Waals surface area contributed by atoms with Gasteiger partial charge in [-0.05, 0) is 72.4 Å². The molecule has 1 aliphatic carbocycles. The van der Waals surface area contributed by atoms with E-state index in [1.165, 1.54) is 28.5 Å². The molecule has 6 nitrogen and oxygen atoms in total. The molecule has 0 bridgehead atoms. The number of carboxylic acids is 1. The topological polar surface area (TPSA) is 98.4 Å². The fourth-order valence-corrected chi connectivity index (χ4v) is 5.36. The van der Waals surface area contributed by atoms with E-state index < -0.39 is 24.6 Å². The Hall–Kier alpha value is -2.81. The molecule has 1 unspecified atom stereocenters. The molecular weight excluding hydrogens is 506 g/mol. The molecule has 0 amide bonds. The Kier molecular flexibility index (Phi) is 9.75. The van der Waals surface area contributed by atoms with Crippen molar-refractivity contribution in [3.63, 3.8) is 0 Å². The van der Waals surface area contributed by atoms with E-state index in [4.69, 9.17) is 5.10 Å². The Labute approximate surface area is 249 Å². The summed E-state index contributed by atoms with van der Waals surface area (Å²) in [5, 5.41) is 38.4. The molecule has 0 aliphatic heterocycles. The van der Waals surface area contributed by atoms with Crippen LogP contribution in [0.3, 0.4) is 0 Å². The minimum absolute atomic E-state index is 0. The van der Waals surface area contributed by atoms with Crippen LogP contribution in [-0.4, -0.2) is 38.2 Å². The number of aliphatic hydroxyl groups excluding tert-OH is 2. The van der Waals surface area contributed by atoms with Crippen LogP contribution >= 0.6 is 0 Å². The normalized spacial score (nSPS) is 16.5. The van der Waals surface area contributed by atoms with Gasteiger partial charge < -0.3 is 20.1 Å². The molecular formula is C31H30FN2NaO4. The van der Waals surface area contributed by atoms with Gasteiger partial charge in [0.25, 0.3) is 0 Å². The number of rotatable bonds is 9. The molecule has 0 fully saturated rings. The molecule has 1 heterocycles. The van der Waals surface area contributed by atoms with Gasteiger partial charge in [-0.3, -0.25) is 0 Å². The van der Waals surface area contributed by atoms with Crippen molar-refractivity contribution in [1.82, 2.24) is 9.78 Å². The van der Waals surface area contributed by atoms with Crippen molar-refractivity contribution in [3.05, 3.63) is 101 Å². The number of carbonyl (C=O) groups is 1. The average Bonchev–Trinajstić information content (AvgIpc) is 3.27. The van der Waals surface area contributed by atoms with Crippen LogP contribution in [0.4, 0.5) is 4.39 Å². The van der Waals surface area contributed by atoms with Gasteiger partial charge in [-0.1, -0.05) is 48.5 Å². The van der Waals surface area contributed by atoms with E-state index in [0.29, 0.717) is 5.69 Å². The molecule has 8 heteroatoms. The number of aliphatic carboxylic acids is 1. The van der Waals surface area contributed by atoms with Gasteiger partial charge in [-0.25, -0.2) is 9.07 Å². The first-order valence-corrected chi connectivity index (χ1v) is 13.0. The average molecular weight is 537 g/mol. The molecule has 0 saturated carbocycles. The number of carboxylic acid groups (broad SMARTS) is 1. The largest absolute Gasteiger partial charge is 1.00 e. The molecule has 3 atom stereocenters. The zero-order valence-electron chi connectivity index (χ0n) is 22.0. The second-order valence-electron chi connectivity index (χ2n) is 10.0. The molecule has 3 aromatic carbocycles. The molecule has 5 rings (SSSR count). The van der Waals surface area contributed by atoms with Crippen molar-refractivity contribution in [3.8, 4) is 5.69 Å². The Morgan fingerprint density at radius 3 is 2.59 bits per heavy atom. The van der Waals surface area contributed by atoms with Gasteiger partial charge in [0.1, 0.15) is 5.82 Å². The fraction of sp³-hybridized carbons (Fsp3) is 0.290. The van der Waals surface area contributed by atoms with Gasteiger partial charge >= 0.3 is 29.6 Å². The summed E-state index contributed by atoms with van der Waals surface area (Å²) in [7, 11) is 0. The SMILES string of the molecule is O=C([O-])C[C@H](O)C[C@H](O)/C=C/c1c2c(nn1-c1ccc(F)cc1)C(Cc1ccc3ccccc3c1)CCC2.[Na+]. The quantitative estimate of drug-likeness (QED) is 0.312. The van der Waals surface area contributed by atoms with Crippen LogP contribution in [0.5, 0.6) is 0 Å². The van der Waals surface area contributed by atoms with Crippen LogP contribution < -0.4 is 34.7 Å². The molecule has 39 heavy (non-hydrogen) atoms. The first-order valence-electron chi connectivity index (χ1n) is 13.0. The smallest absolute Gasteiger partial charge is 0.550 e. The third kappa shape index (κ3) is 7.04. The Morgan fingerprint density at radius 2 is 1.85 bits per heavy atom. The maximum atomic E-state index is 13.7. The van der Waals surface area contributed by atoms with E-state index >= 15 is 0 Å². The van der Waals surface area contributed by atoms with Gasteiger partial charge in [0.2, 0.25) is 0 Å². The van der Waals surface area contributed by atoms with E-state index in [-0.39, 0.29) is 47.7 Å². The molecule has 196 valence electrons. The van der Waals surface area contributed by atoms with Crippen molar-refractivity contribution in [2.75, 3.05) is 0 Å². The molecule has 0 radical (unpaired) electrons. The number of hydrogen-bond acceptors (Lipinski definition) is 5. The third-order valence-corrected chi connectivity index (χ3v) is 7.18. The van der Waals surface area contributed by atoms with Crippen LogP contribution in [0.15, 0.2) is 72.8 Å². The molecule has 0 spiro atoms. The summed E-state index contributed by atoms with van der Waals surface area (Å²) >= 11 is 0. The van der Waals surface area contributed by atoms with Crippen LogP contribution in [0.2, 0.25) is 0 Å². The Morgan fingerprint density at radius 1 is 1.10 bits per heavy atom. The number of halogens is 1. The predicted molar refractivity (Wildman–Crippen MR) is 142 cm³/mol. The number of aromatic nitrogens is 2. The van der Waals surface area contributed by atoms with E-state index in [9.17, 15) is 24.5 Å². The minimum atomic E-state index is -1.37. The van der Waals surface area contributed by atoms with Crippen molar-refractivity contribution in [2.24, 2.45) is 0 Å². The van der Waals surface area contributed by atoms with Crippen molar-refractivity contribution in [1.29, 1.82) is 0 Å². The molecule has 0 saturated heterocycles. The molecule has 1 aliphatic rings. The summed E-state index contributed by atoms with van der Waals surface area (Å²) in [6.45, 7) is 0. The number of benzene rings is 3. The first-order chi connectivity index (χ1) is 18.4. The summed E-state index contributed by atoms with van der Waals surface area (Å²) in [6.07, 6.45) is 4.07. The van der Waals surface area contributed by atoms with Crippen LogP contribution in [0.25, 0.3) is 22.5 Å². The number of hydrogen-bond donors (Lipinski definition) is 2. The second kappa shape index (κ2) is 13.0. The number of fused-ring (bicyclic) bond motifs is 2. The number of aliphatic hydroxyl groups is 2. The predicted octanol–water partition coefficient (Wildman–Crippen LogP) is 1.10. The fourth-order valence-electron chi connectivity index (χ4n) is 5.36. The van der Waals surface area contributed by atoms with Gasteiger partial charge in [-0.15, -0.1) is 0 Å². The molecule has 2 N–H and O–H groups in total. The van der Waals surface area contributed by atoms with Crippen molar-refractivity contribution < 1.29 is 54.1 Å². The Balaban J connectivity index is 0.00000353. The van der Waals surface area contributed by atoms with E-state index in [0.717, 1.165) is 42.6 Å². The standard InChI is InChI=1S/C31H31FN2O4.Na/c32-24-10-12-25(13-11-24)34-29(15-14-26(35)18-27(36)19-30(37)38)28-7-3-6-23(31(28)33-34)17-20-8-9-21-4-1-2-5-22(21)16-20;/h1-2,4-5,8-16,23,26-27,35-36H,3,6-7,17-19H2,(H,37,38);/q;+1/p-1/b15-14+;/t23?,26-,27-;/m1./s1.